The number of aryl methyl sites for hydroxylation is 1. The zero-order chi connectivity index (χ0) is 20.9. The Morgan fingerprint density at radius 2 is 1.69 bits per heavy atom. The molecule has 1 N–H and O–H groups in total. The summed E-state index contributed by atoms with van der Waals surface area (Å²) >= 11 is 0. The number of carbonyl (C=O) groups is 2. The second-order valence-electron chi connectivity index (χ2n) is 6.25. The van der Waals surface area contributed by atoms with Crippen molar-refractivity contribution in [2.75, 3.05) is 11.9 Å². The Kier molecular flexibility index (Phi) is 6.11. The van der Waals surface area contributed by atoms with Gasteiger partial charge in [-0.1, -0.05) is 36.4 Å². The second-order valence-corrected chi connectivity index (χ2v) is 6.25. The standard InChI is InChI=1S/C21H17F3N2O3/c22-21(23,24)16-6-2-4-8-18(16)26-19(27)13-29-20(28)12-11-15-10-9-14-5-1-3-7-17(14)25-15/h1-10H,11-13H2,(H,26,27). The van der Waals surface area contributed by atoms with E-state index in [0.29, 0.717) is 12.1 Å². The van der Waals surface area contributed by atoms with Gasteiger partial charge >= 0.3 is 12.1 Å². The average molecular weight is 402 g/mol. The van der Waals surface area contributed by atoms with Crippen LogP contribution in [0.1, 0.15) is 17.7 Å². The van der Waals surface area contributed by atoms with Crippen molar-refractivity contribution in [3.05, 3.63) is 71.9 Å². The SMILES string of the molecule is O=C(COC(=O)CCc1ccc2ccccc2n1)Nc1ccccc1C(F)(F)F. The van der Waals surface area contributed by atoms with Crippen LogP contribution in [-0.4, -0.2) is 23.5 Å². The fraction of sp³-hybridized carbons (Fsp3) is 0.190. The van der Waals surface area contributed by atoms with Gasteiger partial charge in [-0.15, -0.1) is 0 Å². The van der Waals surface area contributed by atoms with E-state index in [4.69, 9.17) is 4.74 Å². The van der Waals surface area contributed by atoms with Crippen molar-refractivity contribution in [3.63, 3.8) is 0 Å². The number of nitrogens with one attached hydrogen (secondary N) is 1. The Bertz CT molecular complexity index is 1030. The summed E-state index contributed by atoms with van der Waals surface area (Å²) in [5.41, 5.74) is 0.147. The van der Waals surface area contributed by atoms with Crippen molar-refractivity contribution in [1.29, 1.82) is 0 Å². The van der Waals surface area contributed by atoms with Crippen LogP contribution in [0.3, 0.4) is 0 Å². The number of amides is 1. The Hall–Kier alpha value is -3.42. The van der Waals surface area contributed by atoms with E-state index in [9.17, 15) is 22.8 Å². The molecule has 0 fully saturated rings. The molecule has 0 spiro atoms. The van der Waals surface area contributed by atoms with E-state index in [1.54, 1.807) is 6.07 Å². The molecule has 1 heterocycles. The number of para-hydroxylation sites is 2. The summed E-state index contributed by atoms with van der Waals surface area (Å²) in [6, 6.07) is 15.8. The molecule has 8 heteroatoms. The molecule has 5 nitrogen and oxygen atoms in total. The normalized spacial score (nSPS) is 11.3. The number of hydrogen-bond acceptors (Lipinski definition) is 4. The number of nitrogens with zero attached hydrogens (tertiary/aromatic N) is 1. The van der Waals surface area contributed by atoms with Crippen LogP contribution < -0.4 is 5.32 Å². The van der Waals surface area contributed by atoms with Gasteiger partial charge in [-0.2, -0.15) is 13.2 Å². The van der Waals surface area contributed by atoms with Gasteiger partial charge in [0.2, 0.25) is 0 Å². The fourth-order valence-electron chi connectivity index (χ4n) is 2.72. The van der Waals surface area contributed by atoms with E-state index in [1.807, 2.05) is 30.3 Å². The van der Waals surface area contributed by atoms with E-state index in [1.165, 1.54) is 12.1 Å². The number of pyridine rings is 1. The molecular weight excluding hydrogens is 385 g/mol. The average Bonchev–Trinajstić information content (AvgIpc) is 2.70. The predicted octanol–water partition coefficient (Wildman–Crippen LogP) is 4.37. The maximum Gasteiger partial charge on any atom is 0.418 e. The van der Waals surface area contributed by atoms with E-state index in [-0.39, 0.29) is 12.1 Å². The number of halogens is 3. The lowest BCUT2D eigenvalue weighted by Gasteiger charge is -2.13. The van der Waals surface area contributed by atoms with E-state index >= 15 is 0 Å². The summed E-state index contributed by atoms with van der Waals surface area (Å²) in [5.74, 6) is -1.49. The highest BCUT2D eigenvalue weighted by molar-refractivity contribution is 5.93. The molecule has 3 aromatic rings. The molecule has 0 aliphatic rings. The van der Waals surface area contributed by atoms with Gasteiger partial charge in [-0.05, 0) is 24.3 Å². The lowest BCUT2D eigenvalue weighted by Crippen LogP contribution is -2.22. The number of hydrogen-bond donors (Lipinski definition) is 1. The van der Waals surface area contributed by atoms with Crippen LogP contribution in [0.25, 0.3) is 10.9 Å². The lowest BCUT2D eigenvalue weighted by atomic mass is 10.1. The van der Waals surface area contributed by atoms with Crippen LogP contribution in [-0.2, 0) is 26.9 Å². The Labute approximate surface area is 164 Å². The molecule has 0 saturated carbocycles. The van der Waals surface area contributed by atoms with Gasteiger partial charge in [-0.25, -0.2) is 0 Å². The maximum absolute atomic E-state index is 12.9. The highest BCUT2D eigenvalue weighted by Gasteiger charge is 2.33. The molecule has 0 aliphatic heterocycles. The van der Waals surface area contributed by atoms with Crippen LogP contribution >= 0.6 is 0 Å². The largest absolute Gasteiger partial charge is 0.456 e. The molecule has 3 rings (SSSR count). The Balaban J connectivity index is 1.49. The molecule has 1 amide bonds. The van der Waals surface area contributed by atoms with Crippen LogP contribution in [0.2, 0.25) is 0 Å². The zero-order valence-corrected chi connectivity index (χ0v) is 15.2. The van der Waals surface area contributed by atoms with Crippen LogP contribution in [0.4, 0.5) is 18.9 Å². The van der Waals surface area contributed by atoms with Crippen molar-refractivity contribution >= 4 is 28.5 Å². The number of aromatic nitrogens is 1. The molecule has 0 atom stereocenters. The van der Waals surface area contributed by atoms with Gasteiger partial charge in [0.25, 0.3) is 5.91 Å². The molecule has 0 aliphatic carbocycles. The summed E-state index contributed by atoms with van der Waals surface area (Å²) < 4.78 is 43.6. The minimum atomic E-state index is -4.60. The molecule has 2 aromatic carbocycles. The topological polar surface area (TPSA) is 68.3 Å². The number of ether oxygens (including phenoxy) is 1. The number of anilines is 1. The fourth-order valence-corrected chi connectivity index (χ4v) is 2.72. The van der Waals surface area contributed by atoms with Gasteiger partial charge in [0, 0.05) is 17.5 Å². The number of alkyl halides is 3. The highest BCUT2D eigenvalue weighted by atomic mass is 19.4. The summed E-state index contributed by atoms with van der Waals surface area (Å²) in [6.45, 7) is -0.670. The van der Waals surface area contributed by atoms with Crippen molar-refractivity contribution in [2.45, 2.75) is 19.0 Å². The third-order valence-corrected chi connectivity index (χ3v) is 4.11. The molecule has 0 radical (unpaired) electrons. The van der Waals surface area contributed by atoms with Crippen LogP contribution in [0.15, 0.2) is 60.7 Å². The second kappa shape index (κ2) is 8.72. The first kappa shape index (κ1) is 20.3. The van der Waals surface area contributed by atoms with E-state index < -0.39 is 30.2 Å². The molecular formula is C21H17F3N2O3. The summed E-state index contributed by atoms with van der Waals surface area (Å²) in [5, 5.41) is 3.10. The number of esters is 1. The molecule has 0 unspecified atom stereocenters. The number of carbonyl (C=O) groups excluding carboxylic acids is 2. The Morgan fingerprint density at radius 3 is 2.48 bits per heavy atom. The minimum absolute atomic E-state index is 0.00222. The monoisotopic (exact) mass is 402 g/mol. The summed E-state index contributed by atoms with van der Waals surface area (Å²) in [7, 11) is 0. The number of fused-ring (bicyclic) bond motifs is 1. The van der Waals surface area contributed by atoms with Crippen molar-refractivity contribution < 1.29 is 27.5 Å². The summed E-state index contributed by atoms with van der Waals surface area (Å²) in [6.07, 6.45) is -4.28. The third kappa shape index (κ3) is 5.54. The van der Waals surface area contributed by atoms with Crippen molar-refractivity contribution in [3.8, 4) is 0 Å². The van der Waals surface area contributed by atoms with Gasteiger partial charge in [0.1, 0.15) is 0 Å². The van der Waals surface area contributed by atoms with Gasteiger partial charge in [-0.3, -0.25) is 14.6 Å². The lowest BCUT2D eigenvalue weighted by molar-refractivity contribution is -0.147. The first-order valence-corrected chi connectivity index (χ1v) is 8.79. The number of benzene rings is 2. The van der Waals surface area contributed by atoms with Gasteiger partial charge in [0.15, 0.2) is 6.61 Å². The molecule has 29 heavy (non-hydrogen) atoms. The molecule has 0 bridgehead atoms. The predicted molar refractivity (Wildman–Crippen MR) is 101 cm³/mol. The maximum atomic E-state index is 12.9. The quantitative estimate of drug-likeness (QED) is 0.622. The smallest absolute Gasteiger partial charge is 0.418 e. The highest BCUT2D eigenvalue weighted by Crippen LogP contribution is 2.34. The van der Waals surface area contributed by atoms with E-state index in [0.717, 1.165) is 23.0 Å². The van der Waals surface area contributed by atoms with Gasteiger partial charge < -0.3 is 10.1 Å². The van der Waals surface area contributed by atoms with Gasteiger partial charge in [0.05, 0.1) is 23.2 Å². The molecule has 1 aromatic heterocycles. The first-order valence-electron chi connectivity index (χ1n) is 8.79. The Morgan fingerprint density at radius 1 is 0.966 bits per heavy atom. The molecule has 0 saturated heterocycles. The number of rotatable bonds is 6. The minimum Gasteiger partial charge on any atom is -0.456 e. The van der Waals surface area contributed by atoms with E-state index in [2.05, 4.69) is 10.3 Å². The molecule has 150 valence electrons. The van der Waals surface area contributed by atoms with Crippen LogP contribution in [0.5, 0.6) is 0 Å². The summed E-state index contributed by atoms with van der Waals surface area (Å²) in [4.78, 5) is 28.1. The first-order chi connectivity index (χ1) is 13.8. The van der Waals surface area contributed by atoms with Crippen molar-refractivity contribution in [1.82, 2.24) is 4.98 Å². The van der Waals surface area contributed by atoms with Crippen molar-refractivity contribution in [2.24, 2.45) is 0 Å². The van der Waals surface area contributed by atoms with Crippen LogP contribution in [0, 0.1) is 0 Å². The third-order valence-electron chi connectivity index (χ3n) is 4.11. The zero-order valence-electron chi connectivity index (χ0n) is 15.2.